The number of fused-ring (bicyclic) bond motifs is 1. The van der Waals surface area contributed by atoms with Gasteiger partial charge in [0.1, 0.15) is 11.6 Å². The van der Waals surface area contributed by atoms with Gasteiger partial charge in [-0.3, -0.25) is 0 Å². The van der Waals surface area contributed by atoms with E-state index in [9.17, 15) is 14.7 Å². The monoisotopic (exact) mass is 261 g/mol. The molecule has 1 atom stereocenters. The quantitative estimate of drug-likeness (QED) is 0.825. The highest BCUT2D eigenvalue weighted by atomic mass is 16.4. The fourth-order valence-electron chi connectivity index (χ4n) is 1.91. The van der Waals surface area contributed by atoms with Crippen LogP contribution in [0.4, 0.5) is 5.69 Å². The zero-order valence-electron chi connectivity index (χ0n) is 10.7. The molecule has 0 aliphatic carbocycles. The molecule has 2 aromatic rings. The highest BCUT2D eigenvalue weighted by Crippen LogP contribution is 2.23. The lowest BCUT2D eigenvalue weighted by molar-refractivity contribution is -0.138. The molecule has 0 saturated heterocycles. The maximum absolute atomic E-state index is 11.5. The summed E-state index contributed by atoms with van der Waals surface area (Å²) in [6, 6.07) is 7.53. The lowest BCUT2D eigenvalue weighted by Gasteiger charge is -2.19. The summed E-state index contributed by atoms with van der Waals surface area (Å²) < 4.78 is 5.06. The third-order valence-corrected chi connectivity index (χ3v) is 2.89. The summed E-state index contributed by atoms with van der Waals surface area (Å²) >= 11 is 0. The molecule has 0 aliphatic rings. The van der Waals surface area contributed by atoms with E-state index in [1.165, 1.54) is 6.07 Å². The van der Waals surface area contributed by atoms with Crippen LogP contribution in [0.1, 0.15) is 13.8 Å². The van der Waals surface area contributed by atoms with Crippen LogP contribution in [0.25, 0.3) is 11.0 Å². The first-order chi connectivity index (χ1) is 8.99. The minimum Gasteiger partial charge on any atom is -0.480 e. The molecule has 0 amide bonds. The number of rotatable bonds is 4. The number of aliphatic carboxylic acids is 1. The van der Waals surface area contributed by atoms with Crippen molar-refractivity contribution in [3.8, 4) is 0 Å². The molecule has 1 heterocycles. The Labute approximate surface area is 109 Å². The molecule has 19 heavy (non-hydrogen) atoms. The number of anilines is 1. The van der Waals surface area contributed by atoms with Gasteiger partial charge in [0.05, 0.1) is 5.69 Å². The number of carbonyl (C=O) groups is 1. The van der Waals surface area contributed by atoms with E-state index in [0.29, 0.717) is 16.7 Å². The summed E-state index contributed by atoms with van der Waals surface area (Å²) in [5, 5.41) is 12.8. The average molecular weight is 261 g/mol. The molecule has 100 valence electrons. The molecule has 2 N–H and O–H groups in total. The Morgan fingerprint density at radius 1 is 1.32 bits per heavy atom. The highest BCUT2D eigenvalue weighted by Gasteiger charge is 2.22. The number of hydrogen-bond donors (Lipinski definition) is 2. The predicted molar refractivity (Wildman–Crippen MR) is 72.4 cm³/mol. The van der Waals surface area contributed by atoms with Crippen molar-refractivity contribution in [1.82, 2.24) is 0 Å². The second-order valence-corrected chi connectivity index (χ2v) is 4.68. The average Bonchev–Trinajstić information content (AvgIpc) is 2.34. The van der Waals surface area contributed by atoms with E-state index < -0.39 is 17.6 Å². The van der Waals surface area contributed by atoms with Crippen molar-refractivity contribution in [2.45, 2.75) is 19.9 Å². The van der Waals surface area contributed by atoms with E-state index in [2.05, 4.69) is 5.32 Å². The molecule has 1 aromatic carbocycles. The number of benzene rings is 1. The van der Waals surface area contributed by atoms with Gasteiger partial charge in [-0.1, -0.05) is 26.0 Å². The SMILES string of the molecule is CC(C)[C@H](Nc1cc(=O)oc2ccccc12)C(=O)O. The van der Waals surface area contributed by atoms with Crippen LogP contribution in [0, 0.1) is 5.92 Å². The number of carboxylic acids is 1. The van der Waals surface area contributed by atoms with Crippen molar-refractivity contribution in [1.29, 1.82) is 0 Å². The first kappa shape index (κ1) is 13.1. The van der Waals surface area contributed by atoms with Crippen LogP contribution in [0.5, 0.6) is 0 Å². The molecule has 0 bridgehead atoms. The van der Waals surface area contributed by atoms with Gasteiger partial charge >= 0.3 is 11.6 Å². The number of para-hydroxylation sites is 1. The fraction of sp³-hybridized carbons (Fsp3) is 0.286. The second kappa shape index (κ2) is 5.14. The van der Waals surface area contributed by atoms with Crippen LogP contribution in [0.3, 0.4) is 0 Å². The molecule has 0 fully saturated rings. The topological polar surface area (TPSA) is 79.5 Å². The number of carboxylic acid groups (broad SMARTS) is 1. The second-order valence-electron chi connectivity index (χ2n) is 4.68. The third-order valence-electron chi connectivity index (χ3n) is 2.89. The van der Waals surface area contributed by atoms with Crippen molar-refractivity contribution in [3.05, 3.63) is 40.8 Å². The summed E-state index contributed by atoms with van der Waals surface area (Å²) in [6.45, 7) is 3.61. The zero-order valence-corrected chi connectivity index (χ0v) is 10.7. The molecule has 5 heteroatoms. The Kier molecular flexibility index (Phi) is 3.55. The molecule has 0 spiro atoms. The number of nitrogens with one attached hydrogen (secondary N) is 1. The standard InChI is InChI=1S/C14H15NO4/c1-8(2)13(14(17)18)15-10-7-12(16)19-11-6-4-3-5-9(10)11/h3-8,13,15H,1-2H3,(H,17,18)/t13-/m0/s1. The summed E-state index contributed by atoms with van der Waals surface area (Å²) in [7, 11) is 0. The van der Waals surface area contributed by atoms with Gasteiger partial charge in [-0.2, -0.15) is 0 Å². The Bertz CT molecular complexity index is 660. The normalized spacial score (nSPS) is 12.6. The summed E-state index contributed by atoms with van der Waals surface area (Å²) in [5.74, 6) is -1.06. The molecule has 0 saturated carbocycles. The first-order valence-electron chi connectivity index (χ1n) is 6.01. The van der Waals surface area contributed by atoms with Gasteiger partial charge in [0.2, 0.25) is 0 Å². The molecule has 1 aromatic heterocycles. The first-order valence-corrected chi connectivity index (χ1v) is 6.01. The van der Waals surface area contributed by atoms with Gasteiger partial charge in [-0.15, -0.1) is 0 Å². The Morgan fingerprint density at radius 2 is 2.00 bits per heavy atom. The van der Waals surface area contributed by atoms with Crippen molar-refractivity contribution >= 4 is 22.6 Å². The lowest BCUT2D eigenvalue weighted by Crippen LogP contribution is -2.34. The lowest BCUT2D eigenvalue weighted by atomic mass is 10.0. The van der Waals surface area contributed by atoms with Crippen LogP contribution in [-0.4, -0.2) is 17.1 Å². The third kappa shape index (κ3) is 2.76. The van der Waals surface area contributed by atoms with E-state index >= 15 is 0 Å². The zero-order chi connectivity index (χ0) is 14.0. The largest absolute Gasteiger partial charge is 0.480 e. The van der Waals surface area contributed by atoms with E-state index in [-0.39, 0.29) is 5.92 Å². The smallest absolute Gasteiger partial charge is 0.338 e. The van der Waals surface area contributed by atoms with Crippen molar-refractivity contribution < 1.29 is 14.3 Å². The minimum absolute atomic E-state index is 0.108. The van der Waals surface area contributed by atoms with Crippen LogP contribution in [0.2, 0.25) is 0 Å². The predicted octanol–water partition coefficient (Wildman–Crippen LogP) is 2.31. The van der Waals surface area contributed by atoms with Crippen molar-refractivity contribution in [3.63, 3.8) is 0 Å². The van der Waals surface area contributed by atoms with Crippen molar-refractivity contribution in [2.75, 3.05) is 5.32 Å². The van der Waals surface area contributed by atoms with Gasteiger partial charge in [-0.25, -0.2) is 9.59 Å². The van der Waals surface area contributed by atoms with Crippen LogP contribution in [-0.2, 0) is 4.79 Å². The van der Waals surface area contributed by atoms with Gasteiger partial charge in [0.25, 0.3) is 0 Å². The van der Waals surface area contributed by atoms with Crippen LogP contribution < -0.4 is 10.9 Å². The summed E-state index contributed by atoms with van der Waals surface area (Å²) in [6.07, 6.45) is 0. The van der Waals surface area contributed by atoms with Gasteiger partial charge < -0.3 is 14.8 Å². The van der Waals surface area contributed by atoms with E-state index in [0.717, 1.165) is 0 Å². The van der Waals surface area contributed by atoms with E-state index in [1.807, 2.05) is 0 Å². The van der Waals surface area contributed by atoms with Crippen LogP contribution in [0.15, 0.2) is 39.5 Å². The highest BCUT2D eigenvalue weighted by molar-refractivity contribution is 5.91. The molecule has 0 unspecified atom stereocenters. The summed E-state index contributed by atoms with van der Waals surface area (Å²) in [5.41, 5.74) is 0.410. The molecule has 0 radical (unpaired) electrons. The maximum atomic E-state index is 11.5. The van der Waals surface area contributed by atoms with Gasteiger partial charge in [-0.05, 0) is 18.1 Å². The minimum atomic E-state index is -0.952. The molecular formula is C14H15NO4. The molecule has 0 aliphatic heterocycles. The van der Waals surface area contributed by atoms with E-state index in [4.69, 9.17) is 4.42 Å². The molecular weight excluding hydrogens is 246 g/mol. The molecule has 5 nitrogen and oxygen atoms in total. The van der Waals surface area contributed by atoms with Gasteiger partial charge in [0.15, 0.2) is 0 Å². The van der Waals surface area contributed by atoms with Crippen molar-refractivity contribution in [2.24, 2.45) is 5.92 Å². The Hall–Kier alpha value is -2.30. The number of hydrogen-bond acceptors (Lipinski definition) is 4. The maximum Gasteiger partial charge on any atom is 0.338 e. The Morgan fingerprint density at radius 3 is 2.63 bits per heavy atom. The van der Waals surface area contributed by atoms with Gasteiger partial charge in [0, 0.05) is 11.5 Å². The summed E-state index contributed by atoms with van der Waals surface area (Å²) in [4.78, 5) is 22.7. The van der Waals surface area contributed by atoms with Crippen LogP contribution >= 0.6 is 0 Å². The Balaban J connectivity index is 2.50. The fourth-order valence-corrected chi connectivity index (χ4v) is 1.91. The van der Waals surface area contributed by atoms with E-state index in [1.54, 1.807) is 38.1 Å². The molecule has 2 rings (SSSR count).